The van der Waals surface area contributed by atoms with Crippen molar-refractivity contribution in [3.8, 4) is 11.5 Å². The van der Waals surface area contributed by atoms with Crippen LogP contribution in [0, 0.1) is 5.92 Å². The van der Waals surface area contributed by atoms with Crippen molar-refractivity contribution >= 4 is 23.2 Å². The third-order valence-electron chi connectivity index (χ3n) is 5.53. The summed E-state index contributed by atoms with van der Waals surface area (Å²) in [4.78, 5) is 29.4. The molecule has 1 unspecified atom stereocenters. The summed E-state index contributed by atoms with van der Waals surface area (Å²) in [6.45, 7) is 1.06. The van der Waals surface area contributed by atoms with Crippen molar-refractivity contribution in [1.82, 2.24) is 0 Å². The maximum atomic E-state index is 13.2. The highest BCUT2D eigenvalue weighted by Crippen LogP contribution is 2.37. The molecule has 0 N–H and O–H groups in total. The van der Waals surface area contributed by atoms with Gasteiger partial charge in [-0.05, 0) is 36.6 Å². The molecular formula is C22H24N2O4. The highest BCUT2D eigenvalue weighted by molar-refractivity contribution is 6.05. The molecule has 2 aliphatic rings. The van der Waals surface area contributed by atoms with E-state index >= 15 is 0 Å². The molecule has 2 heterocycles. The first-order valence-corrected chi connectivity index (χ1v) is 9.54. The molecule has 0 saturated carbocycles. The average molecular weight is 380 g/mol. The molecule has 0 spiro atoms. The van der Waals surface area contributed by atoms with Gasteiger partial charge < -0.3 is 19.3 Å². The predicted octanol–water partition coefficient (Wildman–Crippen LogP) is 3.04. The lowest BCUT2D eigenvalue weighted by atomic mass is 9.99. The maximum absolute atomic E-state index is 13.2. The summed E-state index contributed by atoms with van der Waals surface area (Å²) < 4.78 is 10.7. The van der Waals surface area contributed by atoms with Crippen LogP contribution in [-0.2, 0) is 16.0 Å². The van der Waals surface area contributed by atoms with Crippen LogP contribution in [-0.4, -0.2) is 39.1 Å². The highest BCUT2D eigenvalue weighted by atomic mass is 16.5. The van der Waals surface area contributed by atoms with Crippen LogP contribution in [0.15, 0.2) is 42.5 Å². The molecule has 0 radical (unpaired) electrons. The van der Waals surface area contributed by atoms with Gasteiger partial charge in [-0.25, -0.2) is 0 Å². The molecule has 146 valence electrons. The van der Waals surface area contributed by atoms with Crippen LogP contribution in [0.25, 0.3) is 0 Å². The van der Waals surface area contributed by atoms with Gasteiger partial charge >= 0.3 is 0 Å². The van der Waals surface area contributed by atoms with E-state index in [-0.39, 0.29) is 24.2 Å². The number of nitrogens with zero attached hydrogens (tertiary/aromatic N) is 2. The molecule has 6 nitrogen and oxygen atoms in total. The van der Waals surface area contributed by atoms with E-state index in [0.717, 1.165) is 18.5 Å². The van der Waals surface area contributed by atoms with Crippen molar-refractivity contribution in [2.45, 2.75) is 19.3 Å². The zero-order valence-electron chi connectivity index (χ0n) is 16.2. The van der Waals surface area contributed by atoms with Crippen molar-refractivity contribution in [3.63, 3.8) is 0 Å². The number of fused-ring (bicyclic) bond motifs is 1. The first-order valence-electron chi connectivity index (χ1n) is 9.54. The largest absolute Gasteiger partial charge is 0.497 e. The van der Waals surface area contributed by atoms with Gasteiger partial charge in [0.2, 0.25) is 11.8 Å². The van der Waals surface area contributed by atoms with Gasteiger partial charge in [0, 0.05) is 31.3 Å². The number of methoxy groups -OCH3 is 2. The van der Waals surface area contributed by atoms with Crippen molar-refractivity contribution < 1.29 is 19.1 Å². The van der Waals surface area contributed by atoms with E-state index in [1.54, 1.807) is 37.3 Å². The number of ether oxygens (including phenoxy) is 2. The minimum absolute atomic E-state index is 0.0236. The molecule has 4 rings (SSSR count). The quantitative estimate of drug-likeness (QED) is 0.818. The summed E-state index contributed by atoms with van der Waals surface area (Å²) in [6.07, 6.45) is 2.14. The fourth-order valence-electron chi connectivity index (χ4n) is 4.10. The van der Waals surface area contributed by atoms with Crippen molar-refractivity contribution in [2.24, 2.45) is 5.92 Å². The summed E-state index contributed by atoms with van der Waals surface area (Å²) in [6, 6.07) is 13.4. The van der Waals surface area contributed by atoms with Crippen LogP contribution in [0.1, 0.15) is 18.4 Å². The second-order valence-electron chi connectivity index (χ2n) is 7.17. The Labute approximate surface area is 164 Å². The Hall–Kier alpha value is -3.02. The zero-order chi connectivity index (χ0) is 19.7. The highest BCUT2D eigenvalue weighted by Gasteiger charge is 2.39. The lowest BCUT2D eigenvalue weighted by molar-refractivity contribution is -0.124. The van der Waals surface area contributed by atoms with Crippen molar-refractivity contribution in [1.29, 1.82) is 0 Å². The van der Waals surface area contributed by atoms with Gasteiger partial charge in [0.15, 0.2) is 0 Å². The first-order chi connectivity index (χ1) is 13.6. The Bertz CT molecular complexity index is 911. The molecule has 6 heteroatoms. The van der Waals surface area contributed by atoms with Crippen LogP contribution in [0.3, 0.4) is 0 Å². The summed E-state index contributed by atoms with van der Waals surface area (Å²) in [5, 5.41) is 0. The smallest absolute Gasteiger partial charge is 0.232 e. The zero-order valence-corrected chi connectivity index (χ0v) is 16.2. The molecule has 1 fully saturated rings. The van der Waals surface area contributed by atoms with Gasteiger partial charge in [-0.2, -0.15) is 0 Å². The minimum Gasteiger partial charge on any atom is -0.497 e. The van der Waals surface area contributed by atoms with Gasteiger partial charge in [0.1, 0.15) is 11.5 Å². The fourth-order valence-corrected chi connectivity index (χ4v) is 4.10. The number of benzene rings is 2. The fraction of sp³-hybridized carbons (Fsp3) is 0.364. The number of hydrogen-bond acceptors (Lipinski definition) is 4. The second-order valence-corrected chi connectivity index (χ2v) is 7.17. The first kappa shape index (κ1) is 18.3. The molecule has 0 aliphatic carbocycles. The minimum atomic E-state index is -0.356. The Balaban J connectivity index is 1.57. The van der Waals surface area contributed by atoms with E-state index in [1.165, 1.54) is 5.56 Å². The number of carbonyl (C=O) groups is 2. The molecular weight excluding hydrogens is 356 g/mol. The van der Waals surface area contributed by atoms with E-state index in [2.05, 4.69) is 6.07 Å². The molecule has 2 amide bonds. The monoisotopic (exact) mass is 380 g/mol. The van der Waals surface area contributed by atoms with E-state index < -0.39 is 0 Å². The number of aryl methyl sites for hydroxylation is 1. The Morgan fingerprint density at radius 3 is 2.68 bits per heavy atom. The van der Waals surface area contributed by atoms with Crippen LogP contribution in [0.2, 0.25) is 0 Å². The van der Waals surface area contributed by atoms with Crippen molar-refractivity contribution in [3.05, 3.63) is 48.0 Å². The normalized spacial score (nSPS) is 18.8. The van der Waals surface area contributed by atoms with Crippen LogP contribution < -0.4 is 19.3 Å². The van der Waals surface area contributed by atoms with E-state index in [9.17, 15) is 9.59 Å². The van der Waals surface area contributed by atoms with E-state index in [0.29, 0.717) is 30.3 Å². The number of rotatable bonds is 4. The summed E-state index contributed by atoms with van der Waals surface area (Å²) >= 11 is 0. The van der Waals surface area contributed by atoms with E-state index in [1.807, 2.05) is 23.1 Å². The maximum Gasteiger partial charge on any atom is 0.232 e. The van der Waals surface area contributed by atoms with E-state index in [4.69, 9.17) is 9.47 Å². The lowest BCUT2D eigenvalue weighted by Gasteiger charge is -2.31. The second kappa shape index (κ2) is 7.54. The van der Waals surface area contributed by atoms with Crippen LogP contribution in [0.4, 0.5) is 11.4 Å². The molecule has 28 heavy (non-hydrogen) atoms. The topological polar surface area (TPSA) is 59.1 Å². The number of carbonyl (C=O) groups excluding carboxylic acids is 2. The predicted molar refractivity (Wildman–Crippen MR) is 107 cm³/mol. The number of para-hydroxylation sites is 1. The van der Waals surface area contributed by atoms with Gasteiger partial charge in [-0.15, -0.1) is 0 Å². The van der Waals surface area contributed by atoms with Gasteiger partial charge in [-0.3, -0.25) is 9.59 Å². The molecule has 0 aromatic heterocycles. The molecule has 1 saturated heterocycles. The van der Waals surface area contributed by atoms with Crippen LogP contribution >= 0.6 is 0 Å². The average Bonchev–Trinajstić information content (AvgIpc) is 3.13. The van der Waals surface area contributed by atoms with Gasteiger partial charge in [0.05, 0.1) is 25.8 Å². The third-order valence-corrected chi connectivity index (χ3v) is 5.53. The van der Waals surface area contributed by atoms with Gasteiger partial charge in [-0.1, -0.05) is 18.2 Å². The summed E-state index contributed by atoms with van der Waals surface area (Å²) in [5.74, 6) is 0.821. The Morgan fingerprint density at radius 2 is 1.89 bits per heavy atom. The third kappa shape index (κ3) is 3.19. The van der Waals surface area contributed by atoms with Crippen LogP contribution in [0.5, 0.6) is 11.5 Å². The number of anilines is 2. The SMILES string of the molecule is COc1ccc(N2CC(C(=O)N3CCCc4ccccc43)CC2=O)c(OC)c1. The Morgan fingerprint density at radius 1 is 1.07 bits per heavy atom. The molecule has 2 aliphatic heterocycles. The standard InChI is InChI=1S/C22H24N2O4/c1-27-17-9-10-19(20(13-17)28-2)24-14-16(12-21(24)25)22(26)23-11-5-7-15-6-3-4-8-18(15)23/h3-4,6,8-10,13,16H,5,7,11-12,14H2,1-2H3. The van der Waals surface area contributed by atoms with Gasteiger partial charge in [0.25, 0.3) is 0 Å². The summed E-state index contributed by atoms with van der Waals surface area (Å²) in [5.41, 5.74) is 2.84. The molecule has 1 atom stereocenters. The number of hydrogen-bond donors (Lipinski definition) is 0. The lowest BCUT2D eigenvalue weighted by Crippen LogP contribution is -2.40. The Kier molecular flexibility index (Phi) is 4.94. The molecule has 2 aromatic carbocycles. The summed E-state index contributed by atoms with van der Waals surface area (Å²) in [7, 11) is 3.15. The molecule has 2 aromatic rings. The number of amides is 2. The molecule has 0 bridgehead atoms. The van der Waals surface area contributed by atoms with Crippen molar-refractivity contribution in [2.75, 3.05) is 37.1 Å².